The number of hydrogen-bond acceptors (Lipinski definition) is 9. The largest absolute Gasteiger partial charge is 0.447 e. The van der Waals surface area contributed by atoms with Crippen molar-refractivity contribution >= 4 is 30.3 Å². The summed E-state index contributed by atoms with van der Waals surface area (Å²) < 4.78 is 21.4. The molecule has 0 aliphatic carbocycles. The Morgan fingerprint density at radius 2 is 1.32 bits per heavy atom. The van der Waals surface area contributed by atoms with Gasteiger partial charge >= 0.3 is 24.4 Å². The molecule has 0 heterocycles. The van der Waals surface area contributed by atoms with Crippen molar-refractivity contribution in [1.82, 2.24) is 16.0 Å². The first-order chi connectivity index (χ1) is 20.1. The topological polar surface area (TPSA) is 210 Å². The van der Waals surface area contributed by atoms with Crippen LogP contribution in [-0.2, 0) is 30.3 Å². The normalized spacial score (nSPS) is 13.5. The number of primary amides is 2. The number of carbonyl (C=O) groups excluding carboxylic acids is 5. The third kappa shape index (κ3) is 11.8. The molecule has 1 aromatic rings. The fraction of sp³-hybridized carbons (Fsp3) is 0.633. The zero-order valence-corrected chi connectivity index (χ0v) is 27.2. The van der Waals surface area contributed by atoms with Crippen LogP contribution in [0.2, 0.25) is 0 Å². The molecule has 7 N–H and O–H groups in total. The summed E-state index contributed by atoms with van der Waals surface area (Å²) >= 11 is 0. The number of hydrogen-bond donors (Lipinski definition) is 5. The van der Waals surface area contributed by atoms with E-state index in [1.807, 2.05) is 18.2 Å². The van der Waals surface area contributed by atoms with Crippen LogP contribution in [0.25, 0.3) is 0 Å². The Kier molecular flexibility index (Phi) is 13.3. The van der Waals surface area contributed by atoms with E-state index in [0.717, 1.165) is 5.56 Å². The van der Waals surface area contributed by atoms with Crippen molar-refractivity contribution in [2.75, 3.05) is 13.2 Å². The van der Waals surface area contributed by atoms with Gasteiger partial charge in [0.15, 0.2) is 0 Å². The van der Waals surface area contributed by atoms with Gasteiger partial charge in [-0.3, -0.25) is 4.79 Å². The summed E-state index contributed by atoms with van der Waals surface area (Å²) in [6.07, 6.45) is -3.95. The molecule has 0 radical (unpaired) electrons. The van der Waals surface area contributed by atoms with Crippen LogP contribution in [-0.4, -0.2) is 66.7 Å². The summed E-state index contributed by atoms with van der Waals surface area (Å²) in [4.78, 5) is 62.6. The minimum absolute atomic E-state index is 0.0375. The Morgan fingerprint density at radius 3 is 1.80 bits per heavy atom. The summed E-state index contributed by atoms with van der Waals surface area (Å²) in [5, 5.41) is 7.83. The molecule has 0 aliphatic heterocycles. The van der Waals surface area contributed by atoms with Gasteiger partial charge in [-0.15, -0.1) is 0 Å². The number of amides is 5. The Labute approximate surface area is 259 Å². The van der Waals surface area contributed by atoms with Gasteiger partial charge in [0.05, 0.1) is 0 Å². The van der Waals surface area contributed by atoms with Crippen LogP contribution in [0.15, 0.2) is 30.3 Å². The van der Waals surface area contributed by atoms with E-state index in [2.05, 4.69) is 16.0 Å². The molecule has 248 valence electrons. The first kappa shape index (κ1) is 37.8. The van der Waals surface area contributed by atoms with Crippen LogP contribution < -0.4 is 27.4 Å². The molecule has 2 atom stereocenters. The van der Waals surface area contributed by atoms with Crippen LogP contribution >= 0.6 is 0 Å². The molecule has 1 aromatic carbocycles. The predicted molar refractivity (Wildman–Crippen MR) is 162 cm³/mol. The SMILES string of the molecule is CC(C)(C)OC(=O)N[C@@H](CCNC(=O)OCc1ccccc1)C(=O)NC(COC(N)=O)C(OC(N)=O)(C(C)(C)C)C(C)(C)C. The van der Waals surface area contributed by atoms with Crippen molar-refractivity contribution in [3.05, 3.63) is 35.9 Å². The predicted octanol–water partition coefficient (Wildman–Crippen LogP) is 3.70. The number of rotatable bonds is 12. The zero-order valence-electron chi connectivity index (χ0n) is 27.2. The summed E-state index contributed by atoms with van der Waals surface area (Å²) in [6, 6.07) is 6.60. The lowest BCUT2D eigenvalue weighted by Gasteiger charge is -2.55. The van der Waals surface area contributed by atoms with E-state index < -0.39 is 71.0 Å². The molecule has 0 aliphatic rings. The summed E-state index contributed by atoms with van der Waals surface area (Å²) in [5.74, 6) is -0.751. The summed E-state index contributed by atoms with van der Waals surface area (Å²) in [5.41, 5.74) is 7.32. The Morgan fingerprint density at radius 1 is 0.750 bits per heavy atom. The molecule has 14 nitrogen and oxygen atoms in total. The number of carbonyl (C=O) groups is 5. The molecule has 1 unspecified atom stereocenters. The Hall–Kier alpha value is -4.23. The minimum atomic E-state index is -1.56. The minimum Gasteiger partial charge on any atom is -0.447 e. The molecule has 0 fully saturated rings. The van der Waals surface area contributed by atoms with E-state index >= 15 is 0 Å². The summed E-state index contributed by atoms with van der Waals surface area (Å²) in [7, 11) is 0. The molecule has 0 spiro atoms. The Bertz CT molecular complexity index is 1120. The number of nitrogens with one attached hydrogen (secondary N) is 3. The summed E-state index contributed by atoms with van der Waals surface area (Å²) in [6.45, 7) is 15.1. The van der Waals surface area contributed by atoms with Gasteiger partial charge in [-0.05, 0) is 32.8 Å². The fourth-order valence-corrected chi connectivity index (χ4v) is 5.22. The molecule has 0 saturated heterocycles. The van der Waals surface area contributed by atoms with Crippen molar-refractivity contribution in [3.8, 4) is 0 Å². The quantitative estimate of drug-likeness (QED) is 0.215. The molecule has 0 aromatic heterocycles. The standard InChI is InChI=1S/C30H49N5O9/c1-27(2,3)30(28(4,5)6,43-24(32)38)21(18-41-23(31)37)35-22(36)20(34-26(40)44-29(7,8)9)15-16-33-25(39)42-17-19-13-11-10-12-14-19/h10-14,20-21H,15-18H2,1-9H3,(H2,31,37)(H2,32,38)(H,33,39)(H,34,40)(H,35,36)/t20-,21?/m0/s1. The Balaban J connectivity index is 3.31. The van der Waals surface area contributed by atoms with Crippen LogP contribution in [0.4, 0.5) is 19.2 Å². The average Bonchev–Trinajstić information content (AvgIpc) is 2.85. The van der Waals surface area contributed by atoms with E-state index in [0.29, 0.717) is 0 Å². The molecule has 0 saturated carbocycles. The lowest BCUT2D eigenvalue weighted by Crippen LogP contribution is -2.70. The number of ether oxygens (including phenoxy) is 4. The lowest BCUT2D eigenvalue weighted by atomic mass is 9.59. The molecular weight excluding hydrogens is 574 g/mol. The second-order valence-corrected chi connectivity index (χ2v) is 13.3. The van der Waals surface area contributed by atoms with E-state index in [9.17, 15) is 24.0 Å². The zero-order chi connectivity index (χ0) is 33.9. The number of nitrogens with two attached hydrogens (primary N) is 2. The maximum Gasteiger partial charge on any atom is 0.408 e. The second-order valence-electron chi connectivity index (χ2n) is 13.3. The maximum atomic E-state index is 13.8. The maximum absolute atomic E-state index is 13.8. The van der Waals surface area contributed by atoms with Crippen molar-refractivity contribution < 1.29 is 42.9 Å². The van der Waals surface area contributed by atoms with Crippen molar-refractivity contribution in [3.63, 3.8) is 0 Å². The molecule has 5 amide bonds. The highest BCUT2D eigenvalue weighted by atomic mass is 16.6. The third-order valence-corrected chi connectivity index (χ3v) is 6.61. The van der Waals surface area contributed by atoms with Gasteiger partial charge in [0.1, 0.15) is 36.5 Å². The molecule has 44 heavy (non-hydrogen) atoms. The third-order valence-electron chi connectivity index (χ3n) is 6.61. The smallest absolute Gasteiger partial charge is 0.408 e. The van der Waals surface area contributed by atoms with Gasteiger partial charge in [0.2, 0.25) is 5.91 Å². The van der Waals surface area contributed by atoms with E-state index in [1.54, 1.807) is 74.4 Å². The monoisotopic (exact) mass is 623 g/mol. The van der Waals surface area contributed by atoms with E-state index in [1.165, 1.54) is 0 Å². The van der Waals surface area contributed by atoms with Gasteiger partial charge in [0, 0.05) is 17.4 Å². The van der Waals surface area contributed by atoms with Crippen molar-refractivity contribution in [2.45, 2.75) is 98.6 Å². The van der Waals surface area contributed by atoms with Crippen LogP contribution in [0.3, 0.4) is 0 Å². The highest BCUT2D eigenvalue weighted by Gasteiger charge is 2.60. The number of alkyl carbamates (subject to hydrolysis) is 2. The van der Waals surface area contributed by atoms with Crippen molar-refractivity contribution in [2.24, 2.45) is 22.3 Å². The van der Waals surface area contributed by atoms with Crippen LogP contribution in [0.5, 0.6) is 0 Å². The molecule has 14 heteroatoms. The van der Waals surface area contributed by atoms with Gasteiger partial charge < -0.3 is 46.4 Å². The van der Waals surface area contributed by atoms with E-state index in [-0.39, 0.29) is 19.6 Å². The molecular formula is C30H49N5O9. The van der Waals surface area contributed by atoms with Gasteiger partial charge in [0.25, 0.3) is 0 Å². The van der Waals surface area contributed by atoms with Gasteiger partial charge in [-0.25, -0.2) is 19.2 Å². The average molecular weight is 624 g/mol. The van der Waals surface area contributed by atoms with Crippen LogP contribution in [0, 0.1) is 10.8 Å². The fourth-order valence-electron chi connectivity index (χ4n) is 5.22. The highest BCUT2D eigenvalue weighted by molar-refractivity contribution is 5.86. The lowest BCUT2D eigenvalue weighted by molar-refractivity contribution is -0.170. The molecule has 1 rings (SSSR count). The van der Waals surface area contributed by atoms with Gasteiger partial charge in [-0.1, -0.05) is 71.9 Å². The van der Waals surface area contributed by atoms with Gasteiger partial charge in [-0.2, -0.15) is 0 Å². The van der Waals surface area contributed by atoms with E-state index in [4.69, 9.17) is 30.4 Å². The second kappa shape index (κ2) is 15.5. The molecule has 0 bridgehead atoms. The highest BCUT2D eigenvalue weighted by Crippen LogP contribution is 2.49. The van der Waals surface area contributed by atoms with Crippen LogP contribution in [0.1, 0.15) is 74.3 Å². The first-order valence-corrected chi connectivity index (χ1v) is 14.2. The number of benzene rings is 1. The first-order valence-electron chi connectivity index (χ1n) is 14.2. The van der Waals surface area contributed by atoms with Crippen molar-refractivity contribution in [1.29, 1.82) is 0 Å².